The van der Waals surface area contributed by atoms with Gasteiger partial charge in [0.25, 0.3) is 0 Å². The highest BCUT2D eigenvalue weighted by molar-refractivity contribution is 6.09. The molecule has 3 aromatic heterocycles. The number of aromatic amines is 1. The van der Waals surface area contributed by atoms with Crippen LogP contribution in [-0.4, -0.2) is 22.2 Å². The molecule has 0 bridgehead atoms. The van der Waals surface area contributed by atoms with Gasteiger partial charge in [-0.25, -0.2) is 4.98 Å². The quantitative estimate of drug-likeness (QED) is 0.224. The second-order valence-corrected chi connectivity index (χ2v) is 14.4. The molecule has 4 heterocycles. The molecule has 6 aliphatic rings. The molecule has 1 aliphatic heterocycles. The standard InChI is InChI=1S/C47H39N3O/c1-2-10-30(11-3-1)33-12-6-13-34(26-33)40-29-41-39-17-7-16-36(46(39)51-47(41)38-15-5-4-14-37(38)40)32-22-20-31(21-23-32)35-27-44(42-18-8-24-48-42)50-45(28-35)43-19-9-25-49-43/h1-10,12-15,17-24,27-30,33,36-38,48H,11,16,25-26H2. The predicted octanol–water partition coefficient (Wildman–Crippen LogP) is 11.1. The monoisotopic (exact) mass is 661 g/mol. The van der Waals surface area contributed by atoms with Gasteiger partial charge in [0.05, 0.1) is 29.3 Å². The number of nitrogens with one attached hydrogen (secondary N) is 1. The van der Waals surface area contributed by atoms with Gasteiger partial charge in [-0.3, -0.25) is 4.99 Å². The van der Waals surface area contributed by atoms with Gasteiger partial charge in [-0.1, -0.05) is 109 Å². The van der Waals surface area contributed by atoms with E-state index in [2.05, 4.69) is 150 Å². The molecular formula is C47H39N3O. The average molecular weight is 662 g/mol. The third-order valence-corrected chi connectivity index (χ3v) is 11.4. The molecule has 4 aromatic rings. The maximum Gasteiger partial charge on any atom is 0.119 e. The first kappa shape index (κ1) is 30.1. The first-order valence-corrected chi connectivity index (χ1v) is 18.3. The zero-order valence-corrected chi connectivity index (χ0v) is 28.5. The summed E-state index contributed by atoms with van der Waals surface area (Å²) in [5, 5.41) is 0. The van der Waals surface area contributed by atoms with Crippen molar-refractivity contribution in [1.82, 2.24) is 9.97 Å². The topological polar surface area (TPSA) is 54.2 Å². The molecule has 248 valence electrons. The number of hydrogen-bond acceptors (Lipinski definition) is 3. The molecule has 1 aromatic carbocycles. The van der Waals surface area contributed by atoms with Gasteiger partial charge in [-0.2, -0.15) is 0 Å². The summed E-state index contributed by atoms with van der Waals surface area (Å²) in [6.45, 7) is 0.708. The van der Waals surface area contributed by atoms with Crippen molar-refractivity contribution in [2.75, 3.05) is 6.54 Å². The van der Waals surface area contributed by atoms with Crippen LogP contribution in [0.4, 0.5) is 0 Å². The Hall–Kier alpha value is -5.74. The lowest BCUT2D eigenvalue weighted by Crippen LogP contribution is -2.21. The van der Waals surface area contributed by atoms with E-state index >= 15 is 0 Å². The normalized spacial score (nSPS) is 25.3. The highest BCUT2D eigenvalue weighted by Crippen LogP contribution is 2.51. The summed E-state index contributed by atoms with van der Waals surface area (Å²) in [4.78, 5) is 12.9. The van der Waals surface area contributed by atoms with Crippen molar-refractivity contribution >= 4 is 17.9 Å². The number of allylic oxidation sites excluding steroid dienone is 15. The van der Waals surface area contributed by atoms with E-state index in [9.17, 15) is 0 Å². The molecule has 0 spiro atoms. The Morgan fingerprint density at radius 1 is 0.706 bits per heavy atom. The summed E-state index contributed by atoms with van der Waals surface area (Å²) in [6.07, 6.45) is 41.6. The van der Waals surface area contributed by atoms with Crippen molar-refractivity contribution in [3.05, 3.63) is 185 Å². The summed E-state index contributed by atoms with van der Waals surface area (Å²) in [6, 6.07) is 17.5. The van der Waals surface area contributed by atoms with Crippen LogP contribution in [0.1, 0.15) is 65.0 Å². The number of furan rings is 1. The van der Waals surface area contributed by atoms with Gasteiger partial charge in [0.1, 0.15) is 11.5 Å². The van der Waals surface area contributed by atoms with Crippen molar-refractivity contribution < 1.29 is 4.42 Å². The van der Waals surface area contributed by atoms with E-state index in [4.69, 9.17) is 9.40 Å². The maximum atomic E-state index is 7.00. The number of pyridine rings is 1. The van der Waals surface area contributed by atoms with Crippen molar-refractivity contribution in [3.63, 3.8) is 0 Å². The van der Waals surface area contributed by atoms with Gasteiger partial charge in [0, 0.05) is 35.1 Å². The zero-order chi connectivity index (χ0) is 33.7. The fraction of sp³-hybridized carbons (Fsp3) is 0.191. The number of aromatic nitrogens is 2. The molecule has 4 heteroatoms. The number of aliphatic imine (C=N–C) groups is 1. The minimum atomic E-state index is 0.163. The average Bonchev–Trinajstić information content (AvgIpc) is 4.01. The second kappa shape index (κ2) is 12.5. The lowest BCUT2D eigenvalue weighted by molar-refractivity contribution is 0.411. The molecule has 0 fully saturated rings. The third-order valence-electron chi connectivity index (χ3n) is 11.4. The molecular weight excluding hydrogens is 623 g/mol. The zero-order valence-electron chi connectivity index (χ0n) is 28.5. The second-order valence-electron chi connectivity index (χ2n) is 14.4. The van der Waals surface area contributed by atoms with Gasteiger partial charge in [-0.05, 0) is 95.4 Å². The first-order valence-electron chi connectivity index (χ1n) is 18.3. The van der Waals surface area contributed by atoms with Crippen LogP contribution < -0.4 is 0 Å². The molecule has 51 heavy (non-hydrogen) atoms. The summed E-state index contributed by atoms with van der Waals surface area (Å²) >= 11 is 0. The highest BCUT2D eigenvalue weighted by atomic mass is 16.3. The molecule has 5 aliphatic carbocycles. The van der Waals surface area contributed by atoms with Crippen LogP contribution in [0.25, 0.3) is 34.7 Å². The highest BCUT2D eigenvalue weighted by Gasteiger charge is 2.38. The van der Waals surface area contributed by atoms with Gasteiger partial charge >= 0.3 is 0 Å². The number of fused-ring (bicyclic) bond motifs is 5. The Bertz CT molecular complexity index is 2330. The fourth-order valence-corrected chi connectivity index (χ4v) is 8.78. The molecule has 4 nitrogen and oxygen atoms in total. The van der Waals surface area contributed by atoms with Crippen molar-refractivity contribution in [2.24, 2.45) is 22.7 Å². The van der Waals surface area contributed by atoms with E-state index in [1.165, 1.54) is 27.8 Å². The van der Waals surface area contributed by atoms with Gasteiger partial charge < -0.3 is 9.40 Å². The Morgan fingerprint density at radius 3 is 2.39 bits per heavy atom. The largest absolute Gasteiger partial charge is 0.463 e. The minimum absolute atomic E-state index is 0.163. The molecule has 5 atom stereocenters. The third kappa shape index (κ3) is 5.38. The fourth-order valence-electron chi connectivity index (χ4n) is 8.78. The predicted molar refractivity (Wildman–Crippen MR) is 208 cm³/mol. The first-order chi connectivity index (χ1) is 25.3. The van der Waals surface area contributed by atoms with Crippen LogP contribution in [0.3, 0.4) is 0 Å². The Morgan fingerprint density at radius 2 is 1.57 bits per heavy atom. The molecule has 0 saturated heterocycles. The molecule has 0 saturated carbocycles. The SMILES string of the molecule is C1=CCC(C2C=CC=C(C3=Cc4c(oc5c4C=CCC5c4ccc(-c5cc(C6=NCC=C6)nc(-c6ccc[nH]6)c5)cc4)C4C=CC=CC34)C2)C=C1. The molecule has 1 N–H and O–H groups in total. The van der Waals surface area contributed by atoms with E-state index in [0.29, 0.717) is 18.4 Å². The van der Waals surface area contributed by atoms with Crippen molar-refractivity contribution in [3.8, 4) is 22.5 Å². The van der Waals surface area contributed by atoms with Crippen LogP contribution >= 0.6 is 0 Å². The van der Waals surface area contributed by atoms with Crippen molar-refractivity contribution in [2.45, 2.75) is 31.1 Å². The number of hydrogen-bond donors (Lipinski definition) is 1. The number of H-pyrrole nitrogens is 1. The Kier molecular flexibility index (Phi) is 7.41. The summed E-state index contributed by atoms with van der Waals surface area (Å²) in [5.74, 6) is 3.92. The van der Waals surface area contributed by atoms with Crippen molar-refractivity contribution in [1.29, 1.82) is 0 Å². The van der Waals surface area contributed by atoms with Crippen LogP contribution in [0.15, 0.2) is 160 Å². The van der Waals surface area contributed by atoms with Crippen LogP contribution in [0, 0.1) is 17.8 Å². The summed E-state index contributed by atoms with van der Waals surface area (Å²) in [7, 11) is 0. The van der Waals surface area contributed by atoms with E-state index in [-0.39, 0.29) is 17.8 Å². The molecule has 0 radical (unpaired) electrons. The number of rotatable bonds is 6. The minimum Gasteiger partial charge on any atom is -0.463 e. The van der Waals surface area contributed by atoms with Crippen LogP contribution in [0.5, 0.6) is 0 Å². The lowest BCUT2D eigenvalue weighted by atomic mass is 9.70. The molecule has 0 amide bonds. The Labute approximate surface area is 299 Å². The van der Waals surface area contributed by atoms with Gasteiger partial charge in [0.2, 0.25) is 0 Å². The van der Waals surface area contributed by atoms with E-state index in [1.54, 1.807) is 0 Å². The lowest BCUT2D eigenvalue weighted by Gasteiger charge is -2.34. The number of nitrogens with zero attached hydrogens (tertiary/aromatic N) is 2. The van der Waals surface area contributed by atoms with E-state index in [1.807, 2.05) is 12.3 Å². The van der Waals surface area contributed by atoms with Crippen LogP contribution in [0.2, 0.25) is 0 Å². The van der Waals surface area contributed by atoms with E-state index < -0.39 is 0 Å². The van der Waals surface area contributed by atoms with E-state index in [0.717, 1.165) is 64.7 Å². The molecule has 5 unspecified atom stereocenters. The summed E-state index contributed by atoms with van der Waals surface area (Å²) in [5.41, 5.74) is 12.7. The Balaban J connectivity index is 0.985. The smallest absolute Gasteiger partial charge is 0.119 e. The van der Waals surface area contributed by atoms with Gasteiger partial charge in [-0.15, -0.1) is 0 Å². The molecule has 10 rings (SSSR count). The number of benzene rings is 1. The van der Waals surface area contributed by atoms with Crippen LogP contribution in [-0.2, 0) is 0 Å². The summed E-state index contributed by atoms with van der Waals surface area (Å²) < 4.78 is 7.00. The maximum absolute atomic E-state index is 7.00. The van der Waals surface area contributed by atoms with Gasteiger partial charge in [0.15, 0.2) is 0 Å².